The average molecular weight is 386 g/mol. The number of carbonyl (C=O) groups excluding carboxylic acids is 2. The molecule has 148 valence electrons. The molecule has 0 saturated carbocycles. The number of halogens is 1. The van der Waals surface area contributed by atoms with Crippen LogP contribution in [-0.4, -0.2) is 64.9 Å². The first-order chi connectivity index (χ1) is 13.4. The predicted octanol–water partition coefficient (Wildman–Crippen LogP) is 1.74. The molecule has 4 rings (SSSR count). The topological polar surface area (TPSA) is 80.3 Å². The first-order valence-electron chi connectivity index (χ1n) is 9.28. The quantitative estimate of drug-likeness (QED) is 0.754. The molecule has 9 heteroatoms. The van der Waals surface area contributed by atoms with Gasteiger partial charge in [-0.15, -0.1) is 0 Å². The van der Waals surface area contributed by atoms with Crippen LogP contribution in [0.3, 0.4) is 0 Å². The lowest BCUT2D eigenvalue weighted by Gasteiger charge is -2.35. The van der Waals surface area contributed by atoms with Crippen LogP contribution < -0.4 is 10.6 Å². The molecule has 0 bridgehead atoms. The molecule has 1 aromatic carbocycles. The zero-order valence-corrected chi connectivity index (χ0v) is 16.1. The molecule has 2 atom stereocenters. The molecular weight excluding hydrogens is 363 g/mol. The van der Waals surface area contributed by atoms with Crippen molar-refractivity contribution in [3.63, 3.8) is 0 Å². The summed E-state index contributed by atoms with van der Waals surface area (Å²) in [7, 11) is 1.64. The molecule has 8 nitrogen and oxygen atoms in total. The number of guanidine groups is 1. The second-order valence-electron chi connectivity index (χ2n) is 7.15. The van der Waals surface area contributed by atoms with Crippen molar-refractivity contribution >= 4 is 23.6 Å². The van der Waals surface area contributed by atoms with E-state index >= 15 is 0 Å². The third-order valence-electron chi connectivity index (χ3n) is 5.52. The minimum Gasteiger partial charge on any atom is -0.383 e. The maximum atomic E-state index is 13.7. The van der Waals surface area contributed by atoms with Crippen LogP contribution >= 0.6 is 0 Å². The van der Waals surface area contributed by atoms with Gasteiger partial charge < -0.3 is 15.1 Å². The van der Waals surface area contributed by atoms with Crippen LogP contribution in [0.5, 0.6) is 0 Å². The monoisotopic (exact) mass is 386 g/mol. The lowest BCUT2D eigenvalue weighted by molar-refractivity contribution is -0.126. The minimum atomic E-state index is -0.547. The normalized spacial score (nSPS) is 23.7. The van der Waals surface area contributed by atoms with Crippen LogP contribution in [0, 0.1) is 5.82 Å². The van der Waals surface area contributed by atoms with Crippen LogP contribution in [0.25, 0.3) is 0 Å². The van der Waals surface area contributed by atoms with E-state index in [4.69, 9.17) is 0 Å². The van der Waals surface area contributed by atoms with Gasteiger partial charge in [0.2, 0.25) is 5.96 Å². The summed E-state index contributed by atoms with van der Waals surface area (Å²) in [6.45, 7) is 5.21. The van der Waals surface area contributed by atoms with E-state index in [0.717, 1.165) is 17.8 Å². The summed E-state index contributed by atoms with van der Waals surface area (Å²) in [5.74, 6) is 0.0828. The van der Waals surface area contributed by atoms with Crippen molar-refractivity contribution in [3.05, 3.63) is 41.5 Å². The summed E-state index contributed by atoms with van der Waals surface area (Å²) in [5.41, 5.74) is 2.46. The Morgan fingerprint density at radius 1 is 1.21 bits per heavy atom. The molecule has 0 aliphatic carbocycles. The number of hydrogen-bond donors (Lipinski definition) is 2. The van der Waals surface area contributed by atoms with Crippen molar-refractivity contribution in [1.82, 2.24) is 20.0 Å². The number of urea groups is 1. The molecular formula is C19H23FN6O2. The number of rotatable bonds is 5. The number of para-hydroxylation sites is 1. The van der Waals surface area contributed by atoms with E-state index < -0.39 is 18.2 Å². The van der Waals surface area contributed by atoms with Crippen molar-refractivity contribution in [3.8, 4) is 0 Å². The summed E-state index contributed by atoms with van der Waals surface area (Å²) in [6.07, 6.45) is 0.223. The van der Waals surface area contributed by atoms with Gasteiger partial charge in [0.15, 0.2) is 12.2 Å². The first kappa shape index (κ1) is 18.3. The number of imide groups is 1. The Morgan fingerprint density at radius 3 is 2.71 bits per heavy atom. The number of benzene rings is 1. The van der Waals surface area contributed by atoms with Gasteiger partial charge in [0, 0.05) is 31.5 Å². The molecule has 3 amide bonds. The molecule has 3 aliphatic rings. The molecule has 28 heavy (non-hydrogen) atoms. The van der Waals surface area contributed by atoms with E-state index in [1.165, 1.54) is 11.0 Å². The maximum Gasteiger partial charge on any atom is 0.325 e. The van der Waals surface area contributed by atoms with Gasteiger partial charge in [0.1, 0.15) is 5.82 Å². The summed E-state index contributed by atoms with van der Waals surface area (Å²) < 4.78 is 13.7. The molecule has 0 aromatic heterocycles. The largest absolute Gasteiger partial charge is 0.383 e. The third-order valence-corrected chi connectivity index (χ3v) is 5.52. The van der Waals surface area contributed by atoms with Crippen molar-refractivity contribution in [2.45, 2.75) is 32.5 Å². The number of aliphatic imine (C=N–C) groups is 1. The van der Waals surface area contributed by atoms with Crippen molar-refractivity contribution < 1.29 is 14.0 Å². The highest BCUT2D eigenvalue weighted by atomic mass is 19.1. The Labute approximate surface area is 162 Å². The lowest BCUT2D eigenvalue weighted by atomic mass is 10.1. The fourth-order valence-corrected chi connectivity index (χ4v) is 3.86. The molecule has 2 unspecified atom stereocenters. The molecule has 0 spiro atoms. The Morgan fingerprint density at radius 2 is 1.96 bits per heavy atom. The van der Waals surface area contributed by atoms with Gasteiger partial charge >= 0.3 is 6.03 Å². The van der Waals surface area contributed by atoms with Crippen molar-refractivity contribution in [2.24, 2.45) is 4.99 Å². The third kappa shape index (κ3) is 2.78. The van der Waals surface area contributed by atoms with Crippen LogP contribution in [0.15, 0.2) is 40.7 Å². The number of fused-ring (bicyclic) bond motifs is 3. The average Bonchev–Trinajstić information content (AvgIpc) is 3.16. The predicted molar refractivity (Wildman–Crippen MR) is 103 cm³/mol. The molecule has 2 N–H and O–H groups in total. The number of nitrogens with zero attached hydrogens (tertiary/aromatic N) is 4. The van der Waals surface area contributed by atoms with Gasteiger partial charge in [0.05, 0.1) is 5.69 Å². The Kier molecular flexibility index (Phi) is 4.44. The number of amides is 3. The minimum absolute atomic E-state index is 0.273. The van der Waals surface area contributed by atoms with Crippen LogP contribution in [-0.2, 0) is 4.79 Å². The van der Waals surface area contributed by atoms with Gasteiger partial charge in [-0.05, 0) is 32.4 Å². The summed E-state index contributed by atoms with van der Waals surface area (Å²) in [4.78, 5) is 34.4. The van der Waals surface area contributed by atoms with E-state index in [1.54, 1.807) is 25.2 Å². The summed E-state index contributed by atoms with van der Waals surface area (Å²) in [5, 5.41) is 5.49. The van der Waals surface area contributed by atoms with Crippen LogP contribution in [0.1, 0.15) is 20.3 Å². The Hall–Kier alpha value is -3.10. The zero-order valence-electron chi connectivity index (χ0n) is 16.1. The zero-order chi connectivity index (χ0) is 20.0. The van der Waals surface area contributed by atoms with Gasteiger partial charge in [-0.25, -0.2) is 14.2 Å². The van der Waals surface area contributed by atoms with Crippen molar-refractivity contribution in [2.75, 3.05) is 25.5 Å². The van der Waals surface area contributed by atoms with Gasteiger partial charge in [-0.2, -0.15) is 0 Å². The smallest absolute Gasteiger partial charge is 0.325 e. The van der Waals surface area contributed by atoms with Crippen molar-refractivity contribution in [1.29, 1.82) is 0 Å². The number of carbonyl (C=O) groups is 2. The van der Waals surface area contributed by atoms with E-state index in [1.807, 2.05) is 18.7 Å². The molecule has 0 radical (unpaired) electrons. The standard InChI is InChI=1S/C19H23FN6O2/c1-11-12(2)26-15-16(24(3)19(28)23-17(15)27)22-18(26)25(11)10-6-9-21-14-8-5-4-7-13(14)20/h4-5,7-8,15-16,21H,6,9-10H2,1-3H3,(H,23,27,28). The number of anilines is 1. The molecule has 1 saturated heterocycles. The fourth-order valence-electron chi connectivity index (χ4n) is 3.86. The molecule has 1 aromatic rings. The van der Waals surface area contributed by atoms with Gasteiger partial charge in [-0.3, -0.25) is 15.0 Å². The van der Waals surface area contributed by atoms with Crippen LogP contribution in [0.2, 0.25) is 0 Å². The molecule has 3 aliphatic heterocycles. The first-order valence-corrected chi connectivity index (χ1v) is 9.28. The van der Waals surface area contributed by atoms with E-state index in [-0.39, 0.29) is 11.7 Å². The molecule has 3 heterocycles. The SMILES string of the molecule is CC1=C(C)N2C(=NC3C2C(=O)NC(=O)N3C)N1CCCNc1ccccc1F. The van der Waals surface area contributed by atoms with E-state index in [0.29, 0.717) is 24.7 Å². The fraction of sp³-hybridized carbons (Fsp3) is 0.421. The highest BCUT2D eigenvalue weighted by Crippen LogP contribution is 2.36. The summed E-state index contributed by atoms with van der Waals surface area (Å²) in [6, 6.07) is 5.60. The second kappa shape index (κ2) is 6.81. The number of hydrogen-bond acceptors (Lipinski definition) is 6. The Bertz CT molecular complexity index is 898. The van der Waals surface area contributed by atoms with Crippen LogP contribution in [0.4, 0.5) is 14.9 Å². The van der Waals surface area contributed by atoms with E-state index in [9.17, 15) is 14.0 Å². The highest BCUT2D eigenvalue weighted by Gasteiger charge is 2.52. The summed E-state index contributed by atoms with van der Waals surface area (Å²) >= 11 is 0. The van der Waals surface area contributed by atoms with Gasteiger partial charge in [-0.1, -0.05) is 12.1 Å². The number of likely N-dealkylation sites (N-methyl/N-ethyl adjacent to an activating group) is 1. The Balaban J connectivity index is 1.46. The van der Waals surface area contributed by atoms with E-state index in [2.05, 4.69) is 20.5 Å². The maximum absolute atomic E-state index is 13.7. The highest BCUT2D eigenvalue weighted by molar-refractivity contribution is 6.05. The number of nitrogens with one attached hydrogen (secondary N) is 2. The van der Waals surface area contributed by atoms with Gasteiger partial charge in [0.25, 0.3) is 5.91 Å². The second-order valence-corrected chi connectivity index (χ2v) is 7.15. The number of allylic oxidation sites excluding steroid dienone is 2. The lowest BCUT2D eigenvalue weighted by Crippen LogP contribution is -2.63. The molecule has 1 fully saturated rings.